The molecule has 2 aromatic heterocycles. The normalized spacial score (nSPS) is 10.0. The Labute approximate surface area is 107 Å². The fourth-order valence-corrected chi connectivity index (χ4v) is 2.11. The number of ether oxygens (including phenoxy) is 1. The minimum Gasteiger partial charge on any atom is -0.496 e. The molecule has 0 fully saturated rings. The van der Waals surface area contributed by atoms with E-state index in [0.29, 0.717) is 21.5 Å². The highest BCUT2D eigenvalue weighted by Crippen LogP contribution is 2.22. The second-order valence-corrected chi connectivity index (χ2v) is 4.51. The van der Waals surface area contributed by atoms with Crippen molar-refractivity contribution in [2.75, 3.05) is 12.4 Å². The topological polar surface area (TPSA) is 51.2 Å². The molecule has 0 aliphatic carbocycles. The summed E-state index contributed by atoms with van der Waals surface area (Å²) >= 11 is 7.10. The van der Waals surface area contributed by atoms with Crippen LogP contribution in [0.4, 0.5) is 5.82 Å². The first-order valence-corrected chi connectivity index (χ1v) is 6.00. The number of rotatable bonds is 3. The van der Waals surface area contributed by atoms with E-state index in [4.69, 9.17) is 16.3 Å². The number of aromatic nitrogens is 1. The van der Waals surface area contributed by atoms with Crippen LogP contribution in [0.1, 0.15) is 9.67 Å². The van der Waals surface area contributed by atoms with Gasteiger partial charge in [0.2, 0.25) is 0 Å². The molecular formula is C11H9ClN2O2S. The standard InChI is InChI=1S/C11H9ClN2O2S/c1-16-8-5-9(17-6-8)11(15)14-10-4-7(12)2-3-13-10/h2-6H,1H3,(H,13,14,15). The monoisotopic (exact) mass is 268 g/mol. The van der Waals surface area contributed by atoms with Crippen LogP contribution in [0.15, 0.2) is 29.8 Å². The second-order valence-electron chi connectivity index (χ2n) is 3.16. The van der Waals surface area contributed by atoms with E-state index in [-0.39, 0.29) is 5.91 Å². The number of halogens is 1. The lowest BCUT2D eigenvalue weighted by molar-refractivity contribution is 0.103. The molecule has 88 valence electrons. The number of pyridine rings is 1. The van der Waals surface area contributed by atoms with Gasteiger partial charge in [0, 0.05) is 22.7 Å². The van der Waals surface area contributed by atoms with Crippen molar-refractivity contribution in [3.8, 4) is 5.75 Å². The number of hydrogen-bond acceptors (Lipinski definition) is 4. The Balaban J connectivity index is 2.11. The van der Waals surface area contributed by atoms with Gasteiger partial charge < -0.3 is 10.1 Å². The van der Waals surface area contributed by atoms with Crippen LogP contribution in [-0.2, 0) is 0 Å². The number of thiophene rings is 1. The summed E-state index contributed by atoms with van der Waals surface area (Å²) in [6.07, 6.45) is 1.53. The van der Waals surface area contributed by atoms with E-state index in [1.807, 2.05) is 0 Å². The van der Waals surface area contributed by atoms with Gasteiger partial charge >= 0.3 is 0 Å². The van der Waals surface area contributed by atoms with Crippen molar-refractivity contribution in [1.82, 2.24) is 4.98 Å². The molecule has 4 nitrogen and oxygen atoms in total. The summed E-state index contributed by atoms with van der Waals surface area (Å²) in [6, 6.07) is 4.90. The zero-order chi connectivity index (χ0) is 12.3. The highest BCUT2D eigenvalue weighted by molar-refractivity contribution is 7.12. The van der Waals surface area contributed by atoms with Crippen molar-refractivity contribution in [2.45, 2.75) is 0 Å². The van der Waals surface area contributed by atoms with E-state index in [0.717, 1.165) is 0 Å². The van der Waals surface area contributed by atoms with Gasteiger partial charge in [-0.2, -0.15) is 0 Å². The smallest absolute Gasteiger partial charge is 0.267 e. The molecule has 0 radical (unpaired) electrons. The van der Waals surface area contributed by atoms with Gasteiger partial charge in [0.15, 0.2) is 0 Å². The molecule has 0 aliphatic rings. The highest BCUT2D eigenvalue weighted by atomic mass is 35.5. The number of carbonyl (C=O) groups is 1. The summed E-state index contributed by atoms with van der Waals surface area (Å²) in [5.74, 6) is 0.863. The fourth-order valence-electron chi connectivity index (χ4n) is 1.20. The third-order valence-electron chi connectivity index (χ3n) is 2.00. The highest BCUT2D eigenvalue weighted by Gasteiger charge is 2.10. The van der Waals surface area contributed by atoms with Crippen molar-refractivity contribution in [1.29, 1.82) is 0 Å². The number of anilines is 1. The van der Waals surface area contributed by atoms with Crippen LogP contribution in [0.2, 0.25) is 5.02 Å². The average Bonchev–Trinajstić information content (AvgIpc) is 2.77. The zero-order valence-electron chi connectivity index (χ0n) is 8.94. The Morgan fingerprint density at radius 3 is 3.00 bits per heavy atom. The third-order valence-corrected chi connectivity index (χ3v) is 3.14. The van der Waals surface area contributed by atoms with Crippen LogP contribution >= 0.6 is 22.9 Å². The Bertz CT molecular complexity index is 542. The molecule has 0 aromatic carbocycles. The molecule has 0 spiro atoms. The summed E-state index contributed by atoms with van der Waals surface area (Å²) < 4.78 is 5.01. The maximum atomic E-state index is 11.8. The maximum absolute atomic E-state index is 11.8. The van der Waals surface area contributed by atoms with Crippen molar-refractivity contribution in [3.63, 3.8) is 0 Å². The molecule has 0 saturated heterocycles. The van der Waals surface area contributed by atoms with Gasteiger partial charge in [-0.3, -0.25) is 4.79 Å². The summed E-state index contributed by atoms with van der Waals surface area (Å²) in [7, 11) is 1.56. The van der Waals surface area contributed by atoms with E-state index < -0.39 is 0 Å². The van der Waals surface area contributed by atoms with E-state index in [1.165, 1.54) is 17.5 Å². The van der Waals surface area contributed by atoms with Crippen molar-refractivity contribution < 1.29 is 9.53 Å². The van der Waals surface area contributed by atoms with Crippen LogP contribution in [0.5, 0.6) is 5.75 Å². The number of hydrogen-bond donors (Lipinski definition) is 1. The fraction of sp³-hybridized carbons (Fsp3) is 0.0909. The Morgan fingerprint density at radius 2 is 2.35 bits per heavy atom. The predicted octanol–water partition coefficient (Wildman–Crippen LogP) is 3.06. The Hall–Kier alpha value is -1.59. The predicted molar refractivity (Wildman–Crippen MR) is 68.1 cm³/mol. The molecule has 17 heavy (non-hydrogen) atoms. The van der Waals surface area contributed by atoms with E-state index in [1.54, 1.807) is 30.7 Å². The van der Waals surface area contributed by atoms with Crippen LogP contribution in [0, 0.1) is 0 Å². The molecule has 0 aliphatic heterocycles. The van der Waals surface area contributed by atoms with Gasteiger partial charge in [-0.15, -0.1) is 11.3 Å². The Morgan fingerprint density at radius 1 is 1.53 bits per heavy atom. The average molecular weight is 269 g/mol. The van der Waals surface area contributed by atoms with Crippen molar-refractivity contribution in [3.05, 3.63) is 39.7 Å². The number of amides is 1. The van der Waals surface area contributed by atoms with E-state index >= 15 is 0 Å². The van der Waals surface area contributed by atoms with Crippen molar-refractivity contribution >= 4 is 34.7 Å². The maximum Gasteiger partial charge on any atom is 0.267 e. The van der Waals surface area contributed by atoms with Gasteiger partial charge in [-0.25, -0.2) is 4.98 Å². The number of nitrogens with one attached hydrogen (secondary N) is 1. The summed E-state index contributed by atoms with van der Waals surface area (Å²) in [5.41, 5.74) is 0. The molecule has 0 bridgehead atoms. The summed E-state index contributed by atoms with van der Waals surface area (Å²) in [5, 5.41) is 4.95. The third kappa shape index (κ3) is 2.95. The molecule has 1 amide bonds. The number of methoxy groups -OCH3 is 1. The first-order valence-electron chi connectivity index (χ1n) is 4.74. The SMILES string of the molecule is COc1csc(C(=O)Nc2cc(Cl)ccn2)c1. The zero-order valence-corrected chi connectivity index (χ0v) is 10.5. The molecule has 0 atom stereocenters. The minimum absolute atomic E-state index is 0.229. The first-order chi connectivity index (χ1) is 8.19. The number of nitrogens with zero attached hydrogens (tertiary/aromatic N) is 1. The van der Waals surface area contributed by atoms with Crippen LogP contribution in [0.25, 0.3) is 0 Å². The molecule has 2 heterocycles. The van der Waals surface area contributed by atoms with Gasteiger partial charge in [-0.05, 0) is 12.1 Å². The van der Waals surface area contributed by atoms with Crippen molar-refractivity contribution in [2.24, 2.45) is 0 Å². The first kappa shape index (κ1) is 11.9. The lowest BCUT2D eigenvalue weighted by Gasteiger charge is -2.02. The molecule has 2 aromatic rings. The Kier molecular flexibility index (Phi) is 3.61. The van der Waals surface area contributed by atoms with Gasteiger partial charge in [0.25, 0.3) is 5.91 Å². The summed E-state index contributed by atoms with van der Waals surface area (Å²) in [4.78, 5) is 16.4. The lowest BCUT2D eigenvalue weighted by atomic mass is 10.4. The van der Waals surface area contributed by atoms with Crippen LogP contribution in [0.3, 0.4) is 0 Å². The van der Waals surface area contributed by atoms with Gasteiger partial charge in [0.05, 0.1) is 12.0 Å². The van der Waals surface area contributed by atoms with Crippen LogP contribution < -0.4 is 10.1 Å². The molecular weight excluding hydrogens is 260 g/mol. The van der Waals surface area contributed by atoms with E-state index in [2.05, 4.69) is 10.3 Å². The van der Waals surface area contributed by atoms with Gasteiger partial charge in [0.1, 0.15) is 11.6 Å². The molecule has 0 saturated carbocycles. The van der Waals surface area contributed by atoms with Crippen LogP contribution in [-0.4, -0.2) is 18.0 Å². The van der Waals surface area contributed by atoms with Gasteiger partial charge in [-0.1, -0.05) is 11.6 Å². The lowest BCUT2D eigenvalue weighted by Crippen LogP contribution is -2.11. The molecule has 2 rings (SSSR count). The van der Waals surface area contributed by atoms with E-state index in [9.17, 15) is 4.79 Å². The minimum atomic E-state index is -0.229. The second kappa shape index (κ2) is 5.16. The molecule has 6 heteroatoms. The number of carbonyl (C=O) groups excluding carboxylic acids is 1. The largest absolute Gasteiger partial charge is 0.496 e. The quantitative estimate of drug-likeness (QED) is 0.931. The molecule has 1 N–H and O–H groups in total. The molecule has 0 unspecified atom stereocenters. The summed E-state index contributed by atoms with van der Waals surface area (Å²) in [6.45, 7) is 0.